The van der Waals surface area contributed by atoms with Gasteiger partial charge in [0, 0.05) is 3.92 Å². The molecule has 1 rings (SSSR count). The van der Waals surface area contributed by atoms with Gasteiger partial charge >= 0.3 is 26.2 Å². The number of hydrogen-bond donors (Lipinski definition) is 0. The molecule has 1 aliphatic rings. The van der Waals surface area contributed by atoms with Gasteiger partial charge in [-0.1, -0.05) is 29.0 Å². The third-order valence-corrected chi connectivity index (χ3v) is 4.46. The molecule has 6 heteroatoms. The Morgan fingerprint density at radius 2 is 1.50 bits per heavy atom. The van der Waals surface area contributed by atoms with Crippen molar-refractivity contribution in [3.8, 4) is 0 Å². The third-order valence-electron chi connectivity index (χ3n) is 1.98. The van der Waals surface area contributed by atoms with E-state index >= 15 is 0 Å². The maximum Gasteiger partial charge on any atom is 4.00 e. The molecule has 0 aromatic rings. The molecule has 0 aromatic heterocycles. The second-order valence-electron chi connectivity index (χ2n) is 3.58. The molecule has 0 amide bonds. The Kier molecular flexibility index (Phi) is 37.3. The number of rotatable bonds is 3. The van der Waals surface area contributed by atoms with Gasteiger partial charge in [-0.05, 0) is 24.5 Å². The molecule has 0 heterocycles. The molecule has 0 radical (unpaired) electrons. The zero-order valence-electron chi connectivity index (χ0n) is 12.6. The standard InChI is InChI=1S/C7H13INS.2C2H6N.CH3.Zr/c1-9-10-5-6-3-2-4-7(6)8;2*1-3-2;;/h6-7H,2-5H2,1H3;2*1-2H3;1H3;/q4*-1;+4. The Hall–Kier alpha value is 1.84. The van der Waals surface area contributed by atoms with Crippen molar-refractivity contribution >= 4 is 34.5 Å². The normalized spacial score (nSPS) is 20.3. The predicted octanol–water partition coefficient (Wildman–Crippen LogP) is 4.93. The molecular weight excluding hydrogens is 436 g/mol. The SMILES string of the molecule is C[N-]C.C[N-]C.C[N-]SCC1CCCC1I.[CH3-].[Zr+4]. The molecule has 2 atom stereocenters. The van der Waals surface area contributed by atoms with Gasteiger partial charge in [-0.2, -0.15) is 35.2 Å². The van der Waals surface area contributed by atoms with Crippen molar-refractivity contribution < 1.29 is 26.2 Å². The zero-order valence-corrected chi connectivity index (χ0v) is 18.0. The fourth-order valence-electron chi connectivity index (χ4n) is 1.35. The van der Waals surface area contributed by atoms with Gasteiger partial charge < -0.3 is 22.8 Å². The van der Waals surface area contributed by atoms with Crippen LogP contribution in [0.1, 0.15) is 19.3 Å². The van der Waals surface area contributed by atoms with Crippen molar-refractivity contribution in [3.05, 3.63) is 22.8 Å². The molecule has 1 aliphatic carbocycles. The second kappa shape index (κ2) is 23.9. The molecule has 1 saturated carbocycles. The predicted molar refractivity (Wildman–Crippen MR) is 93.7 cm³/mol. The van der Waals surface area contributed by atoms with E-state index in [9.17, 15) is 0 Å². The minimum absolute atomic E-state index is 0. The van der Waals surface area contributed by atoms with E-state index < -0.39 is 0 Å². The van der Waals surface area contributed by atoms with Crippen LogP contribution in [0, 0.1) is 13.3 Å². The fraction of sp³-hybridized carbons (Fsp3) is 0.917. The number of nitrogens with zero attached hydrogens (tertiary/aromatic N) is 3. The van der Waals surface area contributed by atoms with Gasteiger partial charge in [0.25, 0.3) is 0 Å². The van der Waals surface area contributed by atoms with Crippen molar-refractivity contribution in [1.29, 1.82) is 0 Å². The van der Waals surface area contributed by atoms with Crippen LogP contribution >= 0.6 is 34.5 Å². The first-order valence-corrected chi connectivity index (χ1v) is 7.67. The molecular formula is C12H28IN3SZr. The van der Waals surface area contributed by atoms with Crippen LogP contribution in [0.15, 0.2) is 0 Å². The summed E-state index contributed by atoms with van der Waals surface area (Å²) in [7, 11) is 8.88. The Labute approximate surface area is 152 Å². The van der Waals surface area contributed by atoms with Crippen molar-refractivity contribution in [2.75, 3.05) is 41.0 Å². The summed E-state index contributed by atoms with van der Waals surface area (Å²) in [5.74, 6) is 2.18. The van der Waals surface area contributed by atoms with Crippen LogP contribution in [0.5, 0.6) is 0 Å². The van der Waals surface area contributed by atoms with Crippen LogP contribution in [0.3, 0.4) is 0 Å². The maximum absolute atomic E-state index is 4.05. The van der Waals surface area contributed by atoms with Crippen molar-refractivity contribution in [1.82, 2.24) is 0 Å². The molecule has 108 valence electrons. The summed E-state index contributed by atoms with van der Waals surface area (Å²) < 4.78 is 4.97. The molecule has 18 heavy (non-hydrogen) atoms. The van der Waals surface area contributed by atoms with Gasteiger partial charge in [-0.25, -0.2) is 0 Å². The Morgan fingerprint density at radius 3 is 1.78 bits per heavy atom. The van der Waals surface area contributed by atoms with Crippen LogP contribution < -0.4 is 0 Å². The van der Waals surface area contributed by atoms with E-state index in [4.69, 9.17) is 0 Å². The van der Waals surface area contributed by atoms with E-state index in [2.05, 4.69) is 37.9 Å². The summed E-state index contributed by atoms with van der Waals surface area (Å²) in [6, 6.07) is 0. The van der Waals surface area contributed by atoms with E-state index in [1.807, 2.05) is 7.05 Å². The number of halogens is 1. The van der Waals surface area contributed by atoms with E-state index in [0.29, 0.717) is 0 Å². The molecule has 0 aliphatic heterocycles. The summed E-state index contributed by atoms with van der Waals surface area (Å²) in [5.41, 5.74) is 0. The second-order valence-corrected chi connectivity index (χ2v) is 6.14. The van der Waals surface area contributed by atoms with E-state index in [-0.39, 0.29) is 33.6 Å². The number of alkyl halides is 1. The third kappa shape index (κ3) is 20.2. The average molecular weight is 465 g/mol. The summed E-state index contributed by atoms with van der Waals surface area (Å²) in [6.45, 7) is 0. The average Bonchev–Trinajstić information content (AvgIpc) is 2.63. The molecule has 3 nitrogen and oxygen atoms in total. The van der Waals surface area contributed by atoms with Crippen LogP contribution in [0.4, 0.5) is 0 Å². The summed E-state index contributed by atoms with van der Waals surface area (Å²) in [5, 5.41) is 7.00. The Morgan fingerprint density at radius 1 is 1.06 bits per heavy atom. The minimum atomic E-state index is 0. The van der Waals surface area contributed by atoms with Crippen LogP contribution in [0.25, 0.3) is 15.4 Å². The largest absolute Gasteiger partial charge is 4.00 e. The van der Waals surface area contributed by atoms with Gasteiger partial charge in [-0.3, -0.25) is 11.9 Å². The van der Waals surface area contributed by atoms with Gasteiger partial charge in [0.1, 0.15) is 0 Å². The summed E-state index contributed by atoms with van der Waals surface area (Å²) >= 11 is 4.31. The molecule has 0 saturated heterocycles. The first-order chi connectivity index (χ1) is 7.67. The molecule has 2 unspecified atom stereocenters. The van der Waals surface area contributed by atoms with Crippen molar-refractivity contribution in [2.45, 2.75) is 23.2 Å². The van der Waals surface area contributed by atoms with Crippen LogP contribution in [0.2, 0.25) is 0 Å². The zero-order chi connectivity index (χ0) is 12.8. The smallest absolute Gasteiger partial charge is 0.668 e. The van der Waals surface area contributed by atoms with Gasteiger partial charge in [0.2, 0.25) is 0 Å². The van der Waals surface area contributed by atoms with Gasteiger partial charge in [0.15, 0.2) is 0 Å². The fourth-order valence-corrected chi connectivity index (χ4v) is 3.49. The number of hydrogen-bond acceptors (Lipinski definition) is 1. The molecule has 0 aromatic carbocycles. The van der Waals surface area contributed by atoms with E-state index in [1.54, 1.807) is 40.1 Å². The molecule has 0 N–H and O–H groups in total. The van der Waals surface area contributed by atoms with Crippen LogP contribution in [-0.4, -0.2) is 44.9 Å². The minimum Gasteiger partial charge on any atom is -0.668 e. The van der Waals surface area contributed by atoms with Gasteiger partial charge in [-0.15, -0.1) is 0 Å². The van der Waals surface area contributed by atoms with Crippen molar-refractivity contribution in [3.63, 3.8) is 0 Å². The first-order valence-electron chi connectivity index (χ1n) is 5.48. The Bertz CT molecular complexity index is 132. The maximum atomic E-state index is 4.05. The Balaban J connectivity index is -0.000000106. The quantitative estimate of drug-likeness (QED) is 0.253. The van der Waals surface area contributed by atoms with Crippen molar-refractivity contribution in [2.24, 2.45) is 5.92 Å². The molecule has 0 spiro atoms. The molecule has 1 fully saturated rings. The van der Waals surface area contributed by atoms with Gasteiger partial charge in [0.05, 0.1) is 0 Å². The first kappa shape index (κ1) is 28.1. The van der Waals surface area contributed by atoms with E-state index in [1.165, 1.54) is 25.0 Å². The monoisotopic (exact) mass is 463 g/mol. The summed E-state index contributed by atoms with van der Waals surface area (Å²) in [4.78, 5) is 0. The summed E-state index contributed by atoms with van der Waals surface area (Å²) in [6.07, 6.45) is 4.29. The topological polar surface area (TPSA) is 42.3 Å². The van der Waals surface area contributed by atoms with Crippen LogP contribution in [-0.2, 0) is 26.2 Å². The molecule has 0 bridgehead atoms. The van der Waals surface area contributed by atoms with E-state index in [0.717, 1.165) is 9.84 Å².